The SMILES string of the molecule is CCC(C)(NC(=O)NC1CCC1)C(N)=NO. The fourth-order valence-corrected chi connectivity index (χ4v) is 1.47. The van der Waals surface area contributed by atoms with Gasteiger partial charge in [0, 0.05) is 6.04 Å². The Morgan fingerprint density at radius 1 is 1.62 bits per heavy atom. The first-order chi connectivity index (χ1) is 7.51. The van der Waals surface area contributed by atoms with Gasteiger partial charge in [-0.05, 0) is 32.6 Å². The molecule has 0 aromatic heterocycles. The molecule has 6 heteroatoms. The Balaban J connectivity index is 2.51. The van der Waals surface area contributed by atoms with Crippen molar-refractivity contribution in [1.82, 2.24) is 10.6 Å². The number of oxime groups is 1. The topological polar surface area (TPSA) is 99.7 Å². The third kappa shape index (κ3) is 2.77. The van der Waals surface area contributed by atoms with Crippen molar-refractivity contribution < 1.29 is 10.0 Å². The van der Waals surface area contributed by atoms with Crippen LogP contribution in [0, 0.1) is 0 Å². The highest BCUT2D eigenvalue weighted by Crippen LogP contribution is 2.18. The number of nitrogens with zero attached hydrogens (tertiary/aromatic N) is 1. The summed E-state index contributed by atoms with van der Waals surface area (Å²) in [4.78, 5) is 11.6. The van der Waals surface area contributed by atoms with E-state index in [0.29, 0.717) is 6.42 Å². The third-order valence-corrected chi connectivity index (χ3v) is 3.21. The maximum atomic E-state index is 11.6. The summed E-state index contributed by atoms with van der Waals surface area (Å²) >= 11 is 0. The van der Waals surface area contributed by atoms with E-state index in [2.05, 4.69) is 15.8 Å². The first-order valence-electron chi connectivity index (χ1n) is 5.58. The Morgan fingerprint density at radius 3 is 2.62 bits per heavy atom. The van der Waals surface area contributed by atoms with Crippen LogP contribution in [0.3, 0.4) is 0 Å². The maximum Gasteiger partial charge on any atom is 0.315 e. The molecule has 5 N–H and O–H groups in total. The van der Waals surface area contributed by atoms with E-state index in [1.165, 1.54) is 0 Å². The van der Waals surface area contributed by atoms with Gasteiger partial charge in [-0.25, -0.2) is 4.79 Å². The van der Waals surface area contributed by atoms with Crippen LogP contribution in [0.15, 0.2) is 5.16 Å². The van der Waals surface area contributed by atoms with Gasteiger partial charge in [0.15, 0.2) is 5.84 Å². The number of amides is 2. The molecule has 0 aromatic rings. The molecular weight excluding hydrogens is 208 g/mol. The summed E-state index contributed by atoms with van der Waals surface area (Å²) in [5.41, 5.74) is 4.74. The summed E-state index contributed by atoms with van der Waals surface area (Å²) in [5, 5.41) is 17.2. The highest BCUT2D eigenvalue weighted by molar-refractivity contribution is 5.93. The minimum Gasteiger partial charge on any atom is -0.409 e. The quantitative estimate of drug-likeness (QED) is 0.247. The van der Waals surface area contributed by atoms with Crippen LogP contribution in [0.4, 0.5) is 4.79 Å². The molecule has 1 rings (SSSR count). The minimum absolute atomic E-state index is 0.0127. The standard InChI is InChI=1S/C10H20N4O2/c1-3-10(2,8(11)14-16)13-9(15)12-7-5-4-6-7/h7,16H,3-6H2,1-2H3,(H2,11,14)(H2,12,13,15). The van der Waals surface area contributed by atoms with E-state index in [-0.39, 0.29) is 17.9 Å². The lowest BCUT2D eigenvalue weighted by Gasteiger charge is -2.31. The molecule has 92 valence electrons. The number of carbonyl (C=O) groups excluding carboxylic acids is 1. The number of amidine groups is 1. The van der Waals surface area contributed by atoms with Gasteiger partial charge in [-0.2, -0.15) is 0 Å². The molecule has 16 heavy (non-hydrogen) atoms. The van der Waals surface area contributed by atoms with Crippen LogP contribution in [0.5, 0.6) is 0 Å². The van der Waals surface area contributed by atoms with Crippen molar-refractivity contribution in [3.63, 3.8) is 0 Å². The predicted molar refractivity (Wildman–Crippen MR) is 61.4 cm³/mol. The van der Waals surface area contributed by atoms with Gasteiger partial charge in [-0.1, -0.05) is 12.1 Å². The fraction of sp³-hybridized carbons (Fsp3) is 0.800. The number of nitrogens with one attached hydrogen (secondary N) is 2. The van der Waals surface area contributed by atoms with Crippen molar-refractivity contribution in [3.05, 3.63) is 0 Å². The van der Waals surface area contributed by atoms with Crippen LogP contribution in [0.2, 0.25) is 0 Å². The van der Waals surface area contributed by atoms with Crippen molar-refractivity contribution in [2.45, 2.75) is 51.1 Å². The zero-order valence-corrected chi connectivity index (χ0v) is 9.79. The first kappa shape index (κ1) is 12.6. The first-order valence-corrected chi connectivity index (χ1v) is 5.58. The molecular formula is C10H20N4O2. The van der Waals surface area contributed by atoms with E-state index in [1.807, 2.05) is 6.92 Å². The molecule has 1 saturated carbocycles. The average molecular weight is 228 g/mol. The van der Waals surface area contributed by atoms with E-state index in [0.717, 1.165) is 19.3 Å². The van der Waals surface area contributed by atoms with Gasteiger partial charge >= 0.3 is 6.03 Å². The summed E-state index contributed by atoms with van der Waals surface area (Å²) in [7, 11) is 0. The van der Waals surface area contributed by atoms with Gasteiger partial charge in [-0.3, -0.25) is 0 Å². The van der Waals surface area contributed by atoms with E-state index in [9.17, 15) is 4.79 Å². The van der Waals surface area contributed by atoms with Crippen molar-refractivity contribution in [3.8, 4) is 0 Å². The van der Waals surface area contributed by atoms with Crippen LogP contribution >= 0.6 is 0 Å². The van der Waals surface area contributed by atoms with Crippen molar-refractivity contribution in [2.24, 2.45) is 10.9 Å². The van der Waals surface area contributed by atoms with Crippen LogP contribution in [0.1, 0.15) is 39.5 Å². The Kier molecular flexibility index (Phi) is 3.98. The van der Waals surface area contributed by atoms with Crippen LogP contribution < -0.4 is 16.4 Å². The number of urea groups is 1. The number of hydrogen-bond donors (Lipinski definition) is 4. The summed E-state index contributed by atoms with van der Waals surface area (Å²) in [5.74, 6) is 0.0127. The lowest BCUT2D eigenvalue weighted by molar-refractivity contribution is 0.220. The van der Waals surface area contributed by atoms with Gasteiger partial charge in [0.05, 0.1) is 5.54 Å². The average Bonchev–Trinajstić information content (AvgIpc) is 2.22. The zero-order chi connectivity index (χ0) is 12.2. The van der Waals surface area contributed by atoms with Crippen LogP contribution in [-0.2, 0) is 0 Å². The molecule has 0 aromatic carbocycles. The summed E-state index contributed by atoms with van der Waals surface area (Å²) in [6, 6.07) is 0.00838. The second kappa shape index (κ2) is 5.05. The van der Waals surface area contributed by atoms with Crippen molar-refractivity contribution in [1.29, 1.82) is 0 Å². The Labute approximate surface area is 95.3 Å². The van der Waals surface area contributed by atoms with Gasteiger partial charge in [-0.15, -0.1) is 0 Å². The van der Waals surface area contributed by atoms with Crippen molar-refractivity contribution in [2.75, 3.05) is 0 Å². The van der Waals surface area contributed by atoms with E-state index >= 15 is 0 Å². The third-order valence-electron chi connectivity index (χ3n) is 3.21. The smallest absolute Gasteiger partial charge is 0.315 e. The van der Waals surface area contributed by atoms with E-state index < -0.39 is 5.54 Å². The molecule has 0 aliphatic heterocycles. The Hall–Kier alpha value is -1.46. The van der Waals surface area contributed by atoms with Gasteiger partial charge < -0.3 is 21.6 Å². The van der Waals surface area contributed by atoms with E-state index in [4.69, 9.17) is 10.9 Å². The number of rotatable bonds is 4. The Morgan fingerprint density at radius 2 is 2.25 bits per heavy atom. The highest BCUT2D eigenvalue weighted by atomic mass is 16.4. The lowest BCUT2D eigenvalue weighted by atomic mass is 9.93. The normalized spacial score (nSPS) is 20.8. The maximum absolute atomic E-state index is 11.6. The molecule has 6 nitrogen and oxygen atoms in total. The molecule has 1 atom stereocenters. The summed E-state index contributed by atoms with van der Waals surface area (Å²) < 4.78 is 0. The van der Waals surface area contributed by atoms with Gasteiger partial charge in [0.1, 0.15) is 0 Å². The summed E-state index contributed by atoms with van der Waals surface area (Å²) in [6.45, 7) is 3.59. The highest BCUT2D eigenvalue weighted by Gasteiger charge is 2.30. The number of carbonyl (C=O) groups is 1. The zero-order valence-electron chi connectivity index (χ0n) is 9.79. The lowest BCUT2D eigenvalue weighted by Crippen LogP contribution is -2.59. The molecule has 0 radical (unpaired) electrons. The van der Waals surface area contributed by atoms with E-state index in [1.54, 1.807) is 6.92 Å². The summed E-state index contributed by atoms with van der Waals surface area (Å²) in [6.07, 6.45) is 3.77. The second-order valence-corrected chi connectivity index (χ2v) is 4.40. The monoisotopic (exact) mass is 228 g/mol. The van der Waals surface area contributed by atoms with Crippen LogP contribution in [-0.4, -0.2) is 28.7 Å². The second-order valence-electron chi connectivity index (χ2n) is 4.40. The predicted octanol–water partition coefficient (Wildman–Crippen LogP) is 0.753. The molecule has 1 fully saturated rings. The number of nitrogens with two attached hydrogens (primary N) is 1. The fourth-order valence-electron chi connectivity index (χ4n) is 1.47. The molecule has 0 spiro atoms. The van der Waals surface area contributed by atoms with Gasteiger partial charge in [0.25, 0.3) is 0 Å². The molecule has 1 unspecified atom stereocenters. The largest absolute Gasteiger partial charge is 0.409 e. The molecule has 0 heterocycles. The molecule has 2 amide bonds. The molecule has 1 aliphatic carbocycles. The van der Waals surface area contributed by atoms with Gasteiger partial charge in [0.2, 0.25) is 0 Å². The minimum atomic E-state index is -0.803. The number of hydrogen-bond acceptors (Lipinski definition) is 3. The van der Waals surface area contributed by atoms with Crippen LogP contribution in [0.25, 0.3) is 0 Å². The Bertz CT molecular complexity index is 289. The molecule has 0 saturated heterocycles. The molecule has 1 aliphatic rings. The van der Waals surface area contributed by atoms with Crippen molar-refractivity contribution >= 4 is 11.9 Å². The molecule has 0 bridgehead atoms.